The molecule has 0 aromatic heterocycles. The van der Waals surface area contributed by atoms with Gasteiger partial charge in [-0.15, -0.1) is 0 Å². The van der Waals surface area contributed by atoms with Gasteiger partial charge in [-0.3, -0.25) is 14.4 Å². The zero-order chi connectivity index (χ0) is 14.1. The first-order chi connectivity index (χ1) is 9.74. The van der Waals surface area contributed by atoms with Crippen molar-refractivity contribution in [1.29, 1.82) is 0 Å². The number of fused-ring (bicyclic) bond motifs is 5. The Bertz CT molecular complexity index is 404. The third-order valence-corrected chi connectivity index (χ3v) is 4.34. The molecule has 5 nitrogen and oxygen atoms in total. The first kappa shape index (κ1) is 13.8. The monoisotopic (exact) mass is 279 g/mol. The Morgan fingerprint density at radius 2 is 1.65 bits per heavy atom. The van der Waals surface area contributed by atoms with Gasteiger partial charge in [-0.2, -0.15) is 5.06 Å². The van der Waals surface area contributed by atoms with Gasteiger partial charge >= 0.3 is 0 Å². The average molecular weight is 279 g/mol. The first-order valence-electron chi connectivity index (χ1n) is 7.58. The molecule has 3 aliphatic heterocycles. The van der Waals surface area contributed by atoms with Crippen LogP contribution in [0.4, 0.5) is 0 Å². The Labute approximate surface area is 118 Å². The van der Waals surface area contributed by atoms with Crippen LogP contribution in [0.3, 0.4) is 0 Å². The second-order valence-corrected chi connectivity index (χ2v) is 5.72. The molecular formula is C15H21NO4. The predicted molar refractivity (Wildman–Crippen MR) is 71.3 cm³/mol. The van der Waals surface area contributed by atoms with Crippen molar-refractivity contribution in [2.75, 3.05) is 6.61 Å². The molecule has 5 heteroatoms. The van der Waals surface area contributed by atoms with Gasteiger partial charge in [-0.05, 0) is 6.42 Å². The molecule has 2 amide bonds. The summed E-state index contributed by atoms with van der Waals surface area (Å²) in [7, 11) is 0. The van der Waals surface area contributed by atoms with Crippen molar-refractivity contribution >= 4 is 11.8 Å². The molecule has 3 aliphatic rings. The molecule has 2 fully saturated rings. The largest absolute Gasteiger partial charge is 0.365 e. The summed E-state index contributed by atoms with van der Waals surface area (Å²) in [4.78, 5) is 29.9. The molecule has 3 rings (SSSR count). The van der Waals surface area contributed by atoms with Gasteiger partial charge in [0.2, 0.25) is 0 Å². The van der Waals surface area contributed by atoms with Crippen LogP contribution in [-0.2, 0) is 19.2 Å². The quantitative estimate of drug-likeness (QED) is 0.405. The number of nitrogens with zero attached hydrogens (tertiary/aromatic N) is 1. The van der Waals surface area contributed by atoms with Crippen molar-refractivity contribution in [3.8, 4) is 0 Å². The van der Waals surface area contributed by atoms with E-state index in [2.05, 4.69) is 6.92 Å². The Hall–Kier alpha value is -1.20. The molecule has 3 heterocycles. The molecule has 2 bridgehead atoms. The number of imide groups is 1. The summed E-state index contributed by atoms with van der Waals surface area (Å²) in [5.74, 6) is -1.19. The van der Waals surface area contributed by atoms with Crippen LogP contribution >= 0.6 is 0 Å². The lowest BCUT2D eigenvalue weighted by atomic mass is 9.85. The fourth-order valence-electron chi connectivity index (χ4n) is 3.26. The lowest BCUT2D eigenvalue weighted by Crippen LogP contribution is -2.34. The van der Waals surface area contributed by atoms with Gasteiger partial charge in [0.25, 0.3) is 11.8 Å². The maximum atomic E-state index is 12.2. The second-order valence-electron chi connectivity index (χ2n) is 5.72. The van der Waals surface area contributed by atoms with Crippen LogP contribution in [0.5, 0.6) is 0 Å². The fraction of sp³-hybridized carbons (Fsp3) is 0.733. The number of carbonyl (C=O) groups excluding carboxylic acids is 2. The van der Waals surface area contributed by atoms with E-state index in [0.29, 0.717) is 6.61 Å². The van der Waals surface area contributed by atoms with Gasteiger partial charge in [0.1, 0.15) is 0 Å². The summed E-state index contributed by atoms with van der Waals surface area (Å²) in [5.41, 5.74) is 0. The molecule has 0 aromatic carbocycles. The zero-order valence-corrected chi connectivity index (χ0v) is 11.8. The number of hydrogen-bond acceptors (Lipinski definition) is 4. The Morgan fingerprint density at radius 1 is 1.05 bits per heavy atom. The summed E-state index contributed by atoms with van der Waals surface area (Å²) in [5, 5.41) is 0.991. The summed E-state index contributed by atoms with van der Waals surface area (Å²) in [6.07, 6.45) is 8.84. The zero-order valence-electron chi connectivity index (χ0n) is 11.8. The van der Waals surface area contributed by atoms with E-state index in [1.807, 2.05) is 12.2 Å². The first-order valence-corrected chi connectivity index (χ1v) is 7.58. The van der Waals surface area contributed by atoms with Gasteiger partial charge in [-0.1, -0.05) is 44.8 Å². The van der Waals surface area contributed by atoms with Gasteiger partial charge in [0, 0.05) is 0 Å². The third kappa shape index (κ3) is 2.19. The van der Waals surface area contributed by atoms with E-state index in [1.54, 1.807) is 0 Å². The highest BCUT2D eigenvalue weighted by Gasteiger charge is 2.61. The maximum absolute atomic E-state index is 12.2. The molecule has 0 radical (unpaired) electrons. The van der Waals surface area contributed by atoms with E-state index >= 15 is 0 Å². The van der Waals surface area contributed by atoms with Gasteiger partial charge in [-0.25, -0.2) is 0 Å². The highest BCUT2D eigenvalue weighted by Crippen LogP contribution is 2.45. The minimum atomic E-state index is -0.363. The topological polar surface area (TPSA) is 55.8 Å². The Kier molecular flexibility index (Phi) is 3.89. The molecule has 0 N–H and O–H groups in total. The third-order valence-electron chi connectivity index (χ3n) is 4.34. The lowest BCUT2D eigenvalue weighted by molar-refractivity contribution is -0.192. The molecule has 0 aliphatic carbocycles. The van der Waals surface area contributed by atoms with E-state index in [-0.39, 0.29) is 35.9 Å². The lowest BCUT2D eigenvalue weighted by Gasteiger charge is -2.16. The highest BCUT2D eigenvalue weighted by molar-refractivity contribution is 6.05. The molecule has 20 heavy (non-hydrogen) atoms. The van der Waals surface area contributed by atoms with Crippen molar-refractivity contribution in [3.05, 3.63) is 12.2 Å². The van der Waals surface area contributed by atoms with Crippen LogP contribution in [-0.4, -0.2) is 35.7 Å². The molecule has 2 saturated heterocycles. The maximum Gasteiger partial charge on any atom is 0.260 e. The molecule has 0 saturated carbocycles. The molecule has 0 spiro atoms. The van der Waals surface area contributed by atoms with Crippen molar-refractivity contribution in [2.45, 2.75) is 51.2 Å². The number of hydroxylamine groups is 2. The molecule has 4 unspecified atom stereocenters. The number of carbonyl (C=O) groups is 2. The van der Waals surface area contributed by atoms with Crippen molar-refractivity contribution in [3.63, 3.8) is 0 Å². The second kappa shape index (κ2) is 5.66. The molecule has 0 aromatic rings. The summed E-state index contributed by atoms with van der Waals surface area (Å²) < 4.78 is 5.56. The molecule has 110 valence electrons. The molecule has 4 atom stereocenters. The van der Waals surface area contributed by atoms with Gasteiger partial charge in [0.05, 0.1) is 30.7 Å². The number of unbranched alkanes of at least 4 members (excludes halogenated alkanes) is 4. The van der Waals surface area contributed by atoms with Crippen molar-refractivity contribution in [1.82, 2.24) is 5.06 Å². The van der Waals surface area contributed by atoms with Crippen LogP contribution in [0.1, 0.15) is 39.0 Å². The van der Waals surface area contributed by atoms with E-state index < -0.39 is 0 Å². The SMILES string of the molecule is CCCCCCCON1C(=O)C2C3C=CC(O3)C2C1=O. The highest BCUT2D eigenvalue weighted by atomic mass is 16.7. The summed E-state index contributed by atoms with van der Waals surface area (Å²) >= 11 is 0. The minimum absolute atomic E-state index is 0.231. The summed E-state index contributed by atoms with van der Waals surface area (Å²) in [6, 6.07) is 0. The van der Waals surface area contributed by atoms with Crippen molar-refractivity contribution < 1.29 is 19.2 Å². The predicted octanol–water partition coefficient (Wildman–Crippen LogP) is 1.83. The number of ether oxygens (including phenoxy) is 1. The van der Waals surface area contributed by atoms with Crippen LogP contribution < -0.4 is 0 Å². The van der Waals surface area contributed by atoms with Crippen molar-refractivity contribution in [2.24, 2.45) is 11.8 Å². The van der Waals surface area contributed by atoms with Crippen LogP contribution in [0.15, 0.2) is 12.2 Å². The van der Waals surface area contributed by atoms with Crippen LogP contribution in [0.2, 0.25) is 0 Å². The number of amides is 2. The van der Waals surface area contributed by atoms with E-state index in [9.17, 15) is 9.59 Å². The van der Waals surface area contributed by atoms with E-state index in [1.165, 1.54) is 19.3 Å². The van der Waals surface area contributed by atoms with Crippen LogP contribution in [0, 0.1) is 11.8 Å². The number of rotatable bonds is 7. The number of hydrogen-bond donors (Lipinski definition) is 0. The van der Waals surface area contributed by atoms with E-state index in [4.69, 9.17) is 9.57 Å². The van der Waals surface area contributed by atoms with Crippen LogP contribution in [0.25, 0.3) is 0 Å². The Morgan fingerprint density at radius 3 is 2.25 bits per heavy atom. The Balaban J connectivity index is 1.49. The van der Waals surface area contributed by atoms with Gasteiger partial charge < -0.3 is 4.74 Å². The summed E-state index contributed by atoms with van der Waals surface area (Å²) in [6.45, 7) is 2.60. The molecular weight excluding hydrogens is 258 g/mol. The van der Waals surface area contributed by atoms with Gasteiger partial charge in [0.15, 0.2) is 0 Å². The standard InChI is InChI=1S/C15H21NO4/c1-2-3-4-5-6-9-19-16-14(17)12-10-7-8-11(20-10)13(12)15(16)18/h7-8,10-13H,2-6,9H2,1H3. The smallest absolute Gasteiger partial charge is 0.260 e. The minimum Gasteiger partial charge on any atom is -0.365 e. The fourth-order valence-corrected chi connectivity index (χ4v) is 3.26. The average Bonchev–Trinajstić information content (AvgIpc) is 3.11. The normalized spacial score (nSPS) is 34.4. The van der Waals surface area contributed by atoms with E-state index in [0.717, 1.165) is 17.9 Å².